The van der Waals surface area contributed by atoms with Crippen molar-refractivity contribution in [3.63, 3.8) is 0 Å². The van der Waals surface area contributed by atoms with Crippen LogP contribution in [0.1, 0.15) is 51.9 Å². The number of carbonyl (C=O) groups excluding carboxylic acids is 2. The number of piperidine rings is 1. The Morgan fingerprint density at radius 2 is 1.82 bits per heavy atom. The maximum Gasteiger partial charge on any atom is 0.222 e. The van der Waals surface area contributed by atoms with Crippen LogP contribution < -0.4 is 5.32 Å². The minimum Gasteiger partial charge on any atom is -0.356 e. The van der Waals surface area contributed by atoms with Crippen molar-refractivity contribution in [2.24, 2.45) is 5.92 Å². The Labute approximate surface area is 135 Å². The highest BCUT2D eigenvalue weighted by molar-refractivity contribution is 5.76. The minimum absolute atomic E-state index is 0.0215. The molecule has 5 nitrogen and oxygen atoms in total. The Hall–Kier alpha value is -1.10. The van der Waals surface area contributed by atoms with Gasteiger partial charge >= 0.3 is 0 Å². The summed E-state index contributed by atoms with van der Waals surface area (Å²) < 4.78 is 0. The standard InChI is InChI=1S/C17H33N3O2/c1-15(21)18-11-6-4-5-7-17(22)20-13-9-16(10-14-20)8-12-19(2)3/h16H,4-14H2,1-3H3,(H,18,21). The number of carbonyl (C=O) groups is 2. The van der Waals surface area contributed by atoms with E-state index in [-0.39, 0.29) is 5.91 Å². The van der Waals surface area contributed by atoms with Crippen LogP contribution in [0.5, 0.6) is 0 Å². The number of likely N-dealkylation sites (tertiary alicyclic amines) is 1. The van der Waals surface area contributed by atoms with Crippen molar-refractivity contribution in [1.82, 2.24) is 15.1 Å². The molecule has 0 spiro atoms. The number of nitrogens with zero attached hydrogens (tertiary/aromatic N) is 2. The van der Waals surface area contributed by atoms with E-state index in [1.165, 1.54) is 13.3 Å². The van der Waals surface area contributed by atoms with Gasteiger partial charge in [0.25, 0.3) is 0 Å². The van der Waals surface area contributed by atoms with E-state index >= 15 is 0 Å². The molecule has 1 aliphatic rings. The van der Waals surface area contributed by atoms with E-state index in [4.69, 9.17) is 0 Å². The SMILES string of the molecule is CC(=O)NCCCCCC(=O)N1CCC(CCN(C)C)CC1. The van der Waals surface area contributed by atoms with Crippen LogP contribution in [0, 0.1) is 5.92 Å². The first-order valence-electron chi connectivity index (χ1n) is 8.66. The fourth-order valence-corrected chi connectivity index (χ4v) is 2.91. The Morgan fingerprint density at radius 3 is 2.41 bits per heavy atom. The molecule has 0 bridgehead atoms. The van der Waals surface area contributed by atoms with Gasteiger partial charge in [-0.3, -0.25) is 9.59 Å². The molecule has 0 aromatic heterocycles. The van der Waals surface area contributed by atoms with Crippen LogP contribution in [0.4, 0.5) is 0 Å². The first kappa shape index (κ1) is 18.9. The number of nitrogens with one attached hydrogen (secondary N) is 1. The molecule has 0 unspecified atom stereocenters. The summed E-state index contributed by atoms with van der Waals surface area (Å²) in [6, 6.07) is 0. The molecule has 128 valence electrons. The van der Waals surface area contributed by atoms with Gasteiger partial charge in [0.15, 0.2) is 0 Å². The number of rotatable bonds is 9. The van der Waals surface area contributed by atoms with Gasteiger partial charge in [0.1, 0.15) is 0 Å². The van der Waals surface area contributed by atoms with Crippen molar-refractivity contribution in [1.29, 1.82) is 0 Å². The molecular formula is C17H33N3O2. The smallest absolute Gasteiger partial charge is 0.222 e. The highest BCUT2D eigenvalue weighted by atomic mass is 16.2. The number of unbranched alkanes of at least 4 members (excludes halogenated alkanes) is 2. The van der Waals surface area contributed by atoms with Crippen molar-refractivity contribution in [2.45, 2.75) is 51.9 Å². The van der Waals surface area contributed by atoms with Crippen LogP contribution in [-0.2, 0) is 9.59 Å². The van der Waals surface area contributed by atoms with Crippen LogP contribution in [0.25, 0.3) is 0 Å². The zero-order valence-electron chi connectivity index (χ0n) is 14.6. The molecule has 22 heavy (non-hydrogen) atoms. The Bertz CT molecular complexity index is 337. The molecule has 5 heteroatoms. The van der Waals surface area contributed by atoms with Gasteiger partial charge in [-0.05, 0) is 58.7 Å². The number of hydrogen-bond donors (Lipinski definition) is 1. The molecule has 0 radical (unpaired) electrons. The molecule has 1 aliphatic heterocycles. The molecule has 2 amide bonds. The first-order chi connectivity index (χ1) is 10.5. The van der Waals surface area contributed by atoms with E-state index in [1.54, 1.807) is 0 Å². The van der Waals surface area contributed by atoms with E-state index in [0.717, 1.165) is 64.2 Å². The monoisotopic (exact) mass is 311 g/mol. The van der Waals surface area contributed by atoms with Gasteiger partial charge in [0, 0.05) is 33.0 Å². The zero-order chi connectivity index (χ0) is 16.4. The van der Waals surface area contributed by atoms with Crippen LogP contribution in [-0.4, -0.2) is 61.9 Å². The molecule has 1 rings (SSSR count). The lowest BCUT2D eigenvalue weighted by Gasteiger charge is -2.32. The Balaban J connectivity index is 2.06. The minimum atomic E-state index is 0.0215. The summed E-state index contributed by atoms with van der Waals surface area (Å²) in [6.07, 6.45) is 7.11. The lowest BCUT2D eigenvalue weighted by atomic mass is 9.93. The summed E-state index contributed by atoms with van der Waals surface area (Å²) >= 11 is 0. The van der Waals surface area contributed by atoms with Crippen LogP contribution in [0.15, 0.2) is 0 Å². The van der Waals surface area contributed by atoms with E-state index in [2.05, 4.69) is 24.3 Å². The summed E-state index contributed by atoms with van der Waals surface area (Å²) in [6.45, 7) is 5.27. The maximum absolute atomic E-state index is 12.2. The normalized spacial score (nSPS) is 16.1. The molecule has 0 saturated carbocycles. The maximum atomic E-state index is 12.2. The van der Waals surface area contributed by atoms with Crippen LogP contribution >= 0.6 is 0 Å². The van der Waals surface area contributed by atoms with Crippen molar-refractivity contribution in [3.05, 3.63) is 0 Å². The summed E-state index contributed by atoms with van der Waals surface area (Å²) in [5.41, 5.74) is 0. The Morgan fingerprint density at radius 1 is 1.14 bits per heavy atom. The van der Waals surface area contributed by atoms with Gasteiger partial charge in [0.05, 0.1) is 0 Å². The fourth-order valence-electron chi connectivity index (χ4n) is 2.91. The fraction of sp³-hybridized carbons (Fsp3) is 0.882. The first-order valence-corrected chi connectivity index (χ1v) is 8.66. The molecule has 1 saturated heterocycles. The van der Waals surface area contributed by atoms with Gasteiger partial charge < -0.3 is 15.1 Å². The molecule has 0 aliphatic carbocycles. The quantitative estimate of drug-likeness (QED) is 0.661. The lowest BCUT2D eigenvalue weighted by molar-refractivity contribution is -0.132. The third kappa shape index (κ3) is 8.37. The second-order valence-corrected chi connectivity index (χ2v) is 6.71. The molecule has 0 aromatic rings. The molecule has 1 N–H and O–H groups in total. The van der Waals surface area contributed by atoms with E-state index < -0.39 is 0 Å². The summed E-state index contributed by atoms with van der Waals surface area (Å²) in [5, 5.41) is 2.78. The average molecular weight is 311 g/mol. The van der Waals surface area contributed by atoms with Gasteiger partial charge in [-0.2, -0.15) is 0 Å². The molecule has 0 aromatic carbocycles. The largest absolute Gasteiger partial charge is 0.356 e. The third-order valence-electron chi connectivity index (χ3n) is 4.39. The highest BCUT2D eigenvalue weighted by Crippen LogP contribution is 2.21. The zero-order valence-corrected chi connectivity index (χ0v) is 14.6. The van der Waals surface area contributed by atoms with Crippen molar-refractivity contribution in [2.75, 3.05) is 40.3 Å². The van der Waals surface area contributed by atoms with Crippen molar-refractivity contribution in [3.8, 4) is 0 Å². The number of amides is 2. The van der Waals surface area contributed by atoms with Crippen molar-refractivity contribution < 1.29 is 9.59 Å². The van der Waals surface area contributed by atoms with Crippen LogP contribution in [0.2, 0.25) is 0 Å². The van der Waals surface area contributed by atoms with E-state index in [1.807, 2.05) is 4.90 Å². The summed E-state index contributed by atoms with van der Waals surface area (Å²) in [4.78, 5) is 27.2. The highest BCUT2D eigenvalue weighted by Gasteiger charge is 2.22. The molecule has 0 atom stereocenters. The van der Waals surface area contributed by atoms with Gasteiger partial charge in [-0.25, -0.2) is 0 Å². The van der Waals surface area contributed by atoms with Gasteiger partial charge in [-0.15, -0.1) is 0 Å². The predicted molar refractivity (Wildman–Crippen MR) is 89.6 cm³/mol. The third-order valence-corrected chi connectivity index (χ3v) is 4.39. The topological polar surface area (TPSA) is 52.7 Å². The lowest BCUT2D eigenvalue weighted by Crippen LogP contribution is -2.38. The second kappa shape index (κ2) is 10.6. The summed E-state index contributed by atoms with van der Waals surface area (Å²) in [5.74, 6) is 1.11. The summed E-state index contributed by atoms with van der Waals surface area (Å²) in [7, 11) is 4.23. The molecule has 1 fully saturated rings. The number of hydrogen-bond acceptors (Lipinski definition) is 3. The predicted octanol–water partition coefficient (Wildman–Crippen LogP) is 1.87. The van der Waals surface area contributed by atoms with E-state index in [9.17, 15) is 9.59 Å². The molecule has 1 heterocycles. The van der Waals surface area contributed by atoms with Crippen LogP contribution in [0.3, 0.4) is 0 Å². The van der Waals surface area contributed by atoms with Crippen molar-refractivity contribution >= 4 is 11.8 Å². The van der Waals surface area contributed by atoms with E-state index in [0.29, 0.717) is 12.3 Å². The van der Waals surface area contributed by atoms with Gasteiger partial charge in [-0.1, -0.05) is 6.42 Å². The Kier molecular flexibility index (Phi) is 9.13. The van der Waals surface area contributed by atoms with Gasteiger partial charge in [0.2, 0.25) is 11.8 Å². The molecular weight excluding hydrogens is 278 g/mol. The second-order valence-electron chi connectivity index (χ2n) is 6.71. The average Bonchev–Trinajstić information content (AvgIpc) is 2.48.